The van der Waals surface area contributed by atoms with Gasteiger partial charge in [0.05, 0.1) is 29.7 Å². The number of aromatic nitrogens is 3. The second kappa shape index (κ2) is 9.26. The highest BCUT2D eigenvalue weighted by Gasteiger charge is 2.33. The van der Waals surface area contributed by atoms with Crippen LogP contribution in [0.1, 0.15) is 68.6 Å². The molecule has 0 aliphatic carbocycles. The number of cyclic esters (lactones) is 1. The number of esters is 1. The number of carbonyl (C=O) groups excluding carboxylic acids is 2. The predicted octanol–water partition coefficient (Wildman–Crippen LogP) is 3.62. The fourth-order valence-corrected chi connectivity index (χ4v) is 4.60. The third-order valence-corrected chi connectivity index (χ3v) is 7.49. The van der Waals surface area contributed by atoms with E-state index >= 15 is 0 Å². The largest absolute Gasteiger partial charge is 0.470 e. The Bertz CT molecular complexity index is 1380. The lowest BCUT2D eigenvalue weighted by molar-refractivity contribution is -0.137. The first kappa shape index (κ1) is 24.9. The highest BCUT2D eigenvalue weighted by Crippen LogP contribution is 2.36. The number of nitrogens with two attached hydrogens (primary N) is 1. The highest BCUT2D eigenvalue weighted by atomic mass is 16.5. The van der Waals surface area contributed by atoms with Crippen LogP contribution in [-0.2, 0) is 15.1 Å². The molecule has 5 heterocycles. The van der Waals surface area contributed by atoms with Gasteiger partial charge in [-0.2, -0.15) is 0 Å². The molecule has 10 heteroatoms. The standard InChI is InChI=1S/C27H32N6O4/c1-6-27(5,28)21-11-30-25(37-17-12-33(13-17)16(4)34)20-10-29-23(9-19(20)21)31-22-8-7-18-24(32-22)14(2)15(3)36-26(18)35/h7-11,14-15,17H,6,12-13,28H2,1-5H3,(H,29,31,32)/t14-,15-,27+/m0/s1. The maximum absolute atomic E-state index is 12.3. The fraction of sp³-hybridized carbons (Fsp3) is 0.444. The number of amides is 1. The monoisotopic (exact) mass is 504 g/mol. The topological polar surface area (TPSA) is 133 Å². The number of rotatable bonds is 6. The summed E-state index contributed by atoms with van der Waals surface area (Å²) in [6.07, 6.45) is 3.83. The molecule has 0 bridgehead atoms. The van der Waals surface area contributed by atoms with Crippen molar-refractivity contribution in [3.05, 3.63) is 47.4 Å². The molecular weight excluding hydrogens is 472 g/mol. The van der Waals surface area contributed by atoms with Gasteiger partial charge in [-0.3, -0.25) is 4.79 Å². The van der Waals surface area contributed by atoms with Gasteiger partial charge in [0.2, 0.25) is 11.8 Å². The van der Waals surface area contributed by atoms with Crippen LogP contribution >= 0.6 is 0 Å². The molecule has 10 nitrogen and oxygen atoms in total. The van der Waals surface area contributed by atoms with E-state index in [1.165, 1.54) is 0 Å². The summed E-state index contributed by atoms with van der Waals surface area (Å²) in [5.74, 6) is 1.28. The van der Waals surface area contributed by atoms with Gasteiger partial charge in [0.1, 0.15) is 23.8 Å². The van der Waals surface area contributed by atoms with E-state index in [4.69, 9.17) is 20.2 Å². The molecule has 3 atom stereocenters. The SMILES string of the molecule is CC[C@@](C)(N)c1cnc(OC2CN(C(C)=O)C2)c2cnc(Nc3ccc4c(n3)[C@@H](C)[C@H](C)OC4=O)cc12. The number of anilines is 2. The molecule has 2 aliphatic rings. The molecule has 0 aromatic carbocycles. The number of ether oxygens (including phenoxy) is 2. The molecule has 0 radical (unpaired) electrons. The average Bonchev–Trinajstić information content (AvgIpc) is 2.83. The fourth-order valence-electron chi connectivity index (χ4n) is 4.60. The Kier molecular flexibility index (Phi) is 6.23. The van der Waals surface area contributed by atoms with Crippen molar-refractivity contribution in [3.63, 3.8) is 0 Å². The Balaban J connectivity index is 1.49. The molecule has 194 valence electrons. The molecule has 1 amide bonds. The van der Waals surface area contributed by atoms with E-state index in [1.54, 1.807) is 36.4 Å². The van der Waals surface area contributed by atoms with Crippen LogP contribution in [0.5, 0.6) is 5.88 Å². The van der Waals surface area contributed by atoms with E-state index in [2.05, 4.69) is 15.3 Å². The molecule has 0 unspecified atom stereocenters. The number of fused-ring (bicyclic) bond motifs is 2. The van der Waals surface area contributed by atoms with E-state index in [0.29, 0.717) is 48.3 Å². The van der Waals surface area contributed by atoms with E-state index in [9.17, 15) is 9.59 Å². The van der Waals surface area contributed by atoms with Gasteiger partial charge < -0.3 is 25.4 Å². The molecule has 5 rings (SSSR count). The van der Waals surface area contributed by atoms with Gasteiger partial charge in [-0.05, 0) is 49.4 Å². The Labute approximate surface area is 215 Å². The van der Waals surface area contributed by atoms with Crippen molar-refractivity contribution in [3.8, 4) is 5.88 Å². The van der Waals surface area contributed by atoms with Crippen molar-refractivity contribution in [1.29, 1.82) is 0 Å². The number of nitrogens with zero attached hydrogens (tertiary/aromatic N) is 4. The Morgan fingerprint density at radius 2 is 1.97 bits per heavy atom. The molecule has 3 aromatic heterocycles. The molecule has 3 aromatic rings. The van der Waals surface area contributed by atoms with Crippen molar-refractivity contribution >= 4 is 34.3 Å². The number of nitrogens with one attached hydrogen (secondary N) is 1. The zero-order chi connectivity index (χ0) is 26.5. The maximum Gasteiger partial charge on any atom is 0.340 e. The first-order valence-corrected chi connectivity index (χ1v) is 12.6. The molecule has 2 aliphatic heterocycles. The third kappa shape index (κ3) is 4.57. The van der Waals surface area contributed by atoms with Gasteiger partial charge in [0, 0.05) is 30.8 Å². The molecule has 0 saturated carbocycles. The predicted molar refractivity (Wildman–Crippen MR) is 139 cm³/mol. The van der Waals surface area contributed by atoms with Gasteiger partial charge >= 0.3 is 5.97 Å². The summed E-state index contributed by atoms with van der Waals surface area (Å²) >= 11 is 0. The number of likely N-dealkylation sites (tertiary alicyclic amines) is 1. The number of pyridine rings is 3. The van der Waals surface area contributed by atoms with Crippen molar-refractivity contribution in [2.24, 2.45) is 5.73 Å². The van der Waals surface area contributed by atoms with E-state index in [-0.39, 0.29) is 30.0 Å². The van der Waals surface area contributed by atoms with Crippen LogP contribution in [0.4, 0.5) is 11.6 Å². The molecule has 0 spiro atoms. The lowest BCUT2D eigenvalue weighted by atomic mass is 9.88. The summed E-state index contributed by atoms with van der Waals surface area (Å²) < 4.78 is 11.5. The van der Waals surface area contributed by atoms with Crippen LogP contribution < -0.4 is 15.8 Å². The van der Waals surface area contributed by atoms with Crippen LogP contribution in [0.2, 0.25) is 0 Å². The smallest absolute Gasteiger partial charge is 0.340 e. The maximum atomic E-state index is 12.3. The summed E-state index contributed by atoms with van der Waals surface area (Å²) in [5, 5.41) is 4.90. The van der Waals surface area contributed by atoms with Crippen LogP contribution in [0.3, 0.4) is 0 Å². The Hall–Kier alpha value is -3.79. The van der Waals surface area contributed by atoms with Crippen LogP contribution in [0.25, 0.3) is 10.8 Å². The highest BCUT2D eigenvalue weighted by molar-refractivity contribution is 5.93. The van der Waals surface area contributed by atoms with Gasteiger partial charge in [0.15, 0.2) is 0 Å². The van der Waals surface area contributed by atoms with E-state index in [0.717, 1.165) is 16.3 Å². The minimum absolute atomic E-state index is 0.0238. The second-order valence-corrected chi connectivity index (χ2v) is 10.2. The van der Waals surface area contributed by atoms with E-state index < -0.39 is 5.54 Å². The molecule has 1 saturated heterocycles. The summed E-state index contributed by atoms with van der Waals surface area (Å²) in [5.41, 5.74) is 8.10. The summed E-state index contributed by atoms with van der Waals surface area (Å²) in [6, 6.07) is 5.39. The quantitative estimate of drug-likeness (QED) is 0.483. The number of hydrogen-bond acceptors (Lipinski definition) is 9. The number of hydrogen-bond donors (Lipinski definition) is 2. The van der Waals surface area contributed by atoms with Crippen LogP contribution in [0, 0.1) is 0 Å². The minimum Gasteiger partial charge on any atom is -0.470 e. The van der Waals surface area contributed by atoms with Crippen LogP contribution in [-0.4, -0.2) is 57.0 Å². The zero-order valence-corrected chi connectivity index (χ0v) is 21.7. The average molecular weight is 505 g/mol. The number of carbonyl (C=O) groups is 2. The third-order valence-electron chi connectivity index (χ3n) is 7.49. The van der Waals surface area contributed by atoms with Crippen molar-refractivity contribution in [1.82, 2.24) is 19.9 Å². The lowest BCUT2D eigenvalue weighted by Crippen LogP contribution is -2.55. The minimum atomic E-state index is -0.611. The van der Waals surface area contributed by atoms with Gasteiger partial charge in [0.25, 0.3) is 0 Å². The summed E-state index contributed by atoms with van der Waals surface area (Å²) in [4.78, 5) is 39.4. The van der Waals surface area contributed by atoms with Gasteiger partial charge in [-0.15, -0.1) is 0 Å². The van der Waals surface area contributed by atoms with Crippen molar-refractivity contribution in [2.75, 3.05) is 18.4 Å². The van der Waals surface area contributed by atoms with Gasteiger partial charge in [-0.1, -0.05) is 13.8 Å². The van der Waals surface area contributed by atoms with Crippen LogP contribution in [0.15, 0.2) is 30.6 Å². The van der Waals surface area contributed by atoms with E-state index in [1.807, 2.05) is 33.8 Å². The normalized spacial score (nSPS) is 21.0. The molecule has 3 N–H and O–H groups in total. The molecule has 1 fully saturated rings. The first-order valence-electron chi connectivity index (χ1n) is 12.6. The Morgan fingerprint density at radius 3 is 2.68 bits per heavy atom. The molecule has 37 heavy (non-hydrogen) atoms. The van der Waals surface area contributed by atoms with Crippen molar-refractivity contribution in [2.45, 2.75) is 64.7 Å². The molecular formula is C27H32N6O4. The second-order valence-electron chi connectivity index (χ2n) is 10.2. The Morgan fingerprint density at radius 1 is 1.22 bits per heavy atom. The lowest BCUT2D eigenvalue weighted by Gasteiger charge is -2.38. The zero-order valence-electron chi connectivity index (χ0n) is 21.7. The van der Waals surface area contributed by atoms with Gasteiger partial charge in [-0.25, -0.2) is 19.7 Å². The van der Waals surface area contributed by atoms with Crippen molar-refractivity contribution < 1.29 is 19.1 Å². The summed E-state index contributed by atoms with van der Waals surface area (Å²) in [7, 11) is 0. The first-order chi connectivity index (χ1) is 17.6. The summed E-state index contributed by atoms with van der Waals surface area (Å²) in [6.45, 7) is 10.5.